The number of carbonyl (C=O) groups is 1. The molecule has 1 unspecified atom stereocenters. The third-order valence-corrected chi connectivity index (χ3v) is 4.26. The van der Waals surface area contributed by atoms with E-state index >= 15 is 0 Å². The van der Waals surface area contributed by atoms with Gasteiger partial charge in [0, 0.05) is 31.7 Å². The predicted octanol–water partition coefficient (Wildman–Crippen LogP) is 0.679. The zero-order valence-electron chi connectivity index (χ0n) is 11.3. The van der Waals surface area contributed by atoms with Gasteiger partial charge in [0.2, 0.25) is 5.91 Å². The zero-order chi connectivity index (χ0) is 12.4. The Kier molecular flexibility index (Phi) is 4.05. The fourth-order valence-corrected chi connectivity index (χ4v) is 3.05. The average molecular weight is 239 g/mol. The molecule has 0 radical (unpaired) electrons. The minimum atomic E-state index is 0.0677. The summed E-state index contributed by atoms with van der Waals surface area (Å²) in [5.74, 6) is 0.315. The van der Waals surface area contributed by atoms with E-state index in [1.165, 1.54) is 0 Å². The van der Waals surface area contributed by atoms with Crippen LogP contribution in [0.5, 0.6) is 0 Å². The Morgan fingerprint density at radius 1 is 1.18 bits per heavy atom. The van der Waals surface area contributed by atoms with Gasteiger partial charge in [-0.05, 0) is 40.2 Å². The maximum atomic E-state index is 12.1. The summed E-state index contributed by atoms with van der Waals surface area (Å²) in [4.78, 5) is 16.7. The van der Waals surface area contributed by atoms with Gasteiger partial charge in [0.1, 0.15) is 0 Å². The first-order valence-electron chi connectivity index (χ1n) is 6.85. The molecule has 0 aromatic rings. The number of carbonyl (C=O) groups excluding carboxylic acids is 1. The van der Waals surface area contributed by atoms with Crippen LogP contribution in [-0.4, -0.2) is 60.5 Å². The zero-order valence-corrected chi connectivity index (χ0v) is 11.3. The van der Waals surface area contributed by atoms with E-state index < -0.39 is 0 Å². The maximum absolute atomic E-state index is 12.1. The molecule has 17 heavy (non-hydrogen) atoms. The van der Waals surface area contributed by atoms with E-state index in [1.807, 2.05) is 7.05 Å². The van der Waals surface area contributed by atoms with Crippen LogP contribution in [0, 0.1) is 0 Å². The lowest BCUT2D eigenvalue weighted by Gasteiger charge is -2.38. The highest BCUT2D eigenvalue weighted by Gasteiger charge is 2.36. The van der Waals surface area contributed by atoms with Gasteiger partial charge in [0.05, 0.1) is 6.04 Å². The molecular formula is C13H25N3O. The molecular weight excluding hydrogens is 214 g/mol. The van der Waals surface area contributed by atoms with Crippen LogP contribution in [-0.2, 0) is 4.79 Å². The van der Waals surface area contributed by atoms with E-state index in [9.17, 15) is 4.79 Å². The topological polar surface area (TPSA) is 35.6 Å². The van der Waals surface area contributed by atoms with E-state index in [2.05, 4.69) is 29.0 Å². The van der Waals surface area contributed by atoms with Gasteiger partial charge in [0.15, 0.2) is 0 Å². The molecule has 2 aliphatic heterocycles. The van der Waals surface area contributed by atoms with Crippen LogP contribution in [0.4, 0.5) is 0 Å². The molecule has 0 aliphatic carbocycles. The molecule has 2 saturated heterocycles. The lowest BCUT2D eigenvalue weighted by atomic mass is 10.0. The highest BCUT2D eigenvalue weighted by Crippen LogP contribution is 2.23. The van der Waals surface area contributed by atoms with Crippen LogP contribution in [0.2, 0.25) is 0 Å². The number of rotatable bonds is 3. The largest absolute Gasteiger partial charge is 0.338 e. The van der Waals surface area contributed by atoms with Crippen molar-refractivity contribution in [3.63, 3.8) is 0 Å². The highest BCUT2D eigenvalue weighted by molar-refractivity contribution is 5.84. The predicted molar refractivity (Wildman–Crippen MR) is 68.9 cm³/mol. The quantitative estimate of drug-likeness (QED) is 0.786. The molecule has 2 fully saturated rings. The molecule has 4 nitrogen and oxygen atoms in total. The first-order chi connectivity index (χ1) is 8.13. The number of likely N-dealkylation sites (tertiary alicyclic amines) is 2. The fraction of sp³-hybridized carbons (Fsp3) is 0.923. The molecule has 1 amide bonds. The van der Waals surface area contributed by atoms with Crippen molar-refractivity contribution in [2.75, 3.05) is 26.7 Å². The number of nitrogens with one attached hydrogen (secondary N) is 1. The third-order valence-electron chi connectivity index (χ3n) is 4.26. The smallest absolute Gasteiger partial charge is 0.240 e. The Morgan fingerprint density at radius 3 is 2.29 bits per heavy atom. The summed E-state index contributed by atoms with van der Waals surface area (Å²) in [6, 6.07) is 1.18. The third kappa shape index (κ3) is 2.63. The van der Waals surface area contributed by atoms with Gasteiger partial charge in [-0.1, -0.05) is 0 Å². The number of amides is 1. The SMILES string of the molecule is CNC1CCN(C2CCN(C(C)C)CC2)C1=O. The maximum Gasteiger partial charge on any atom is 0.240 e. The Labute approximate surface area is 104 Å². The lowest BCUT2D eigenvalue weighted by Crippen LogP contribution is -2.48. The summed E-state index contributed by atoms with van der Waals surface area (Å²) in [6.07, 6.45) is 3.25. The van der Waals surface area contributed by atoms with Gasteiger partial charge >= 0.3 is 0 Å². The van der Waals surface area contributed by atoms with Gasteiger partial charge in [-0.25, -0.2) is 0 Å². The van der Waals surface area contributed by atoms with Crippen LogP contribution in [0.3, 0.4) is 0 Å². The normalized spacial score (nSPS) is 28.4. The number of hydrogen-bond donors (Lipinski definition) is 1. The number of piperidine rings is 1. The van der Waals surface area contributed by atoms with Crippen molar-refractivity contribution < 1.29 is 4.79 Å². The van der Waals surface area contributed by atoms with Crippen LogP contribution < -0.4 is 5.32 Å². The Hall–Kier alpha value is -0.610. The molecule has 1 atom stereocenters. The first-order valence-corrected chi connectivity index (χ1v) is 6.85. The Balaban J connectivity index is 1.87. The second-order valence-electron chi connectivity index (χ2n) is 5.52. The summed E-state index contributed by atoms with van der Waals surface area (Å²) in [5, 5.41) is 3.11. The number of hydrogen-bond acceptors (Lipinski definition) is 3. The standard InChI is InChI=1S/C13H25N3O/c1-10(2)15-7-4-11(5-8-15)16-9-6-12(14-3)13(16)17/h10-12,14H,4-9H2,1-3H3. The summed E-state index contributed by atoms with van der Waals surface area (Å²) in [5.41, 5.74) is 0. The molecule has 0 aromatic heterocycles. The molecule has 1 N–H and O–H groups in total. The summed E-state index contributed by atoms with van der Waals surface area (Å²) in [7, 11) is 1.88. The van der Waals surface area contributed by atoms with Crippen LogP contribution >= 0.6 is 0 Å². The van der Waals surface area contributed by atoms with Crippen LogP contribution in [0.15, 0.2) is 0 Å². The molecule has 2 aliphatic rings. The number of nitrogens with zero attached hydrogens (tertiary/aromatic N) is 2. The van der Waals surface area contributed by atoms with Crippen LogP contribution in [0.1, 0.15) is 33.1 Å². The van der Waals surface area contributed by atoms with Gasteiger partial charge < -0.3 is 15.1 Å². The van der Waals surface area contributed by atoms with Crippen molar-refractivity contribution in [3.05, 3.63) is 0 Å². The Bertz CT molecular complexity index is 272. The van der Waals surface area contributed by atoms with Crippen molar-refractivity contribution in [2.45, 2.75) is 51.2 Å². The molecule has 98 valence electrons. The van der Waals surface area contributed by atoms with Gasteiger partial charge in [0.25, 0.3) is 0 Å². The average Bonchev–Trinajstić information content (AvgIpc) is 2.70. The molecule has 4 heteroatoms. The molecule has 0 aromatic carbocycles. The minimum absolute atomic E-state index is 0.0677. The summed E-state index contributed by atoms with van der Waals surface area (Å²) < 4.78 is 0. The molecule has 0 bridgehead atoms. The minimum Gasteiger partial charge on any atom is -0.338 e. The van der Waals surface area contributed by atoms with Crippen molar-refractivity contribution in [1.29, 1.82) is 0 Å². The van der Waals surface area contributed by atoms with Crippen molar-refractivity contribution in [2.24, 2.45) is 0 Å². The van der Waals surface area contributed by atoms with Gasteiger partial charge in [-0.15, -0.1) is 0 Å². The number of likely N-dealkylation sites (N-methyl/N-ethyl adjacent to an activating group) is 1. The lowest BCUT2D eigenvalue weighted by molar-refractivity contribution is -0.132. The van der Waals surface area contributed by atoms with Crippen LogP contribution in [0.25, 0.3) is 0 Å². The highest BCUT2D eigenvalue weighted by atomic mass is 16.2. The second kappa shape index (κ2) is 5.36. The molecule has 2 heterocycles. The molecule has 0 spiro atoms. The van der Waals surface area contributed by atoms with Crippen molar-refractivity contribution in [3.8, 4) is 0 Å². The van der Waals surface area contributed by atoms with Gasteiger partial charge in [-0.3, -0.25) is 4.79 Å². The van der Waals surface area contributed by atoms with E-state index in [0.29, 0.717) is 18.0 Å². The Morgan fingerprint density at radius 2 is 1.82 bits per heavy atom. The first kappa shape index (κ1) is 12.8. The van der Waals surface area contributed by atoms with E-state index in [0.717, 1.165) is 38.9 Å². The molecule has 2 rings (SSSR count). The van der Waals surface area contributed by atoms with Crippen molar-refractivity contribution >= 4 is 5.91 Å². The fourth-order valence-electron chi connectivity index (χ4n) is 3.05. The second-order valence-corrected chi connectivity index (χ2v) is 5.52. The molecule has 0 saturated carbocycles. The van der Waals surface area contributed by atoms with E-state index in [-0.39, 0.29) is 6.04 Å². The van der Waals surface area contributed by atoms with Gasteiger partial charge in [-0.2, -0.15) is 0 Å². The summed E-state index contributed by atoms with van der Waals surface area (Å²) >= 11 is 0. The van der Waals surface area contributed by atoms with Crippen molar-refractivity contribution in [1.82, 2.24) is 15.1 Å². The van der Waals surface area contributed by atoms with E-state index in [1.54, 1.807) is 0 Å². The monoisotopic (exact) mass is 239 g/mol. The van der Waals surface area contributed by atoms with E-state index in [4.69, 9.17) is 0 Å². The summed E-state index contributed by atoms with van der Waals surface area (Å²) in [6.45, 7) is 7.71.